The number of hydrogen-bond donors (Lipinski definition) is 1. The molecule has 0 spiro atoms. The number of anilines is 2. The minimum Gasteiger partial charge on any atom is -0.378 e. The maximum absolute atomic E-state index is 11.3. The molecule has 0 saturated heterocycles. The van der Waals surface area contributed by atoms with E-state index in [0.717, 1.165) is 11.4 Å². The van der Waals surface area contributed by atoms with Crippen LogP contribution in [0.1, 0.15) is 6.42 Å². The maximum Gasteiger partial charge on any atom is 0.238 e. The van der Waals surface area contributed by atoms with Crippen molar-refractivity contribution in [3.63, 3.8) is 0 Å². The normalized spacial score (nSPS) is 10.3. The lowest BCUT2D eigenvalue weighted by Crippen LogP contribution is -2.09. The van der Waals surface area contributed by atoms with Crippen LogP contribution in [0.3, 0.4) is 0 Å². The van der Waals surface area contributed by atoms with Gasteiger partial charge in [0.2, 0.25) is 5.91 Å². The van der Waals surface area contributed by atoms with Crippen molar-refractivity contribution in [1.82, 2.24) is 0 Å². The molecular formula is C17H17N5O. The molecule has 0 heterocycles. The Labute approximate surface area is 135 Å². The minimum absolute atomic E-state index is 0.162. The smallest absolute Gasteiger partial charge is 0.238 e. The Hall–Kier alpha value is -3.20. The number of azo groups is 1. The SMILES string of the molecule is CN(C)c1ccc(N=Nc2ccc(NC(=O)CC#N)cc2)cc1. The molecule has 0 aliphatic heterocycles. The van der Waals surface area contributed by atoms with E-state index in [4.69, 9.17) is 5.26 Å². The number of nitrogens with one attached hydrogen (secondary N) is 1. The van der Waals surface area contributed by atoms with Crippen LogP contribution in [-0.4, -0.2) is 20.0 Å². The monoisotopic (exact) mass is 307 g/mol. The third kappa shape index (κ3) is 4.93. The highest BCUT2D eigenvalue weighted by molar-refractivity contribution is 5.92. The number of carbonyl (C=O) groups excluding carboxylic acids is 1. The first-order valence-electron chi connectivity index (χ1n) is 7.04. The molecule has 0 aromatic heterocycles. The summed E-state index contributed by atoms with van der Waals surface area (Å²) in [6, 6.07) is 16.5. The average molecular weight is 307 g/mol. The van der Waals surface area contributed by atoms with Gasteiger partial charge in [0.15, 0.2) is 0 Å². The van der Waals surface area contributed by atoms with E-state index >= 15 is 0 Å². The van der Waals surface area contributed by atoms with Crippen LogP contribution in [0.25, 0.3) is 0 Å². The van der Waals surface area contributed by atoms with E-state index in [2.05, 4.69) is 15.5 Å². The topological polar surface area (TPSA) is 80.8 Å². The van der Waals surface area contributed by atoms with Crippen molar-refractivity contribution >= 4 is 28.7 Å². The van der Waals surface area contributed by atoms with Crippen LogP contribution in [0.4, 0.5) is 22.7 Å². The first-order valence-corrected chi connectivity index (χ1v) is 7.04. The fraction of sp³-hybridized carbons (Fsp3) is 0.176. The van der Waals surface area contributed by atoms with Crippen LogP contribution in [0.2, 0.25) is 0 Å². The molecule has 2 aromatic rings. The number of rotatable bonds is 5. The Bertz CT molecular complexity index is 727. The van der Waals surface area contributed by atoms with Gasteiger partial charge in [-0.15, -0.1) is 0 Å². The first-order chi connectivity index (χ1) is 11.1. The molecule has 6 heteroatoms. The van der Waals surface area contributed by atoms with Crippen LogP contribution >= 0.6 is 0 Å². The van der Waals surface area contributed by atoms with Gasteiger partial charge in [0, 0.05) is 25.5 Å². The van der Waals surface area contributed by atoms with Gasteiger partial charge in [-0.2, -0.15) is 15.5 Å². The molecule has 0 atom stereocenters. The summed E-state index contributed by atoms with van der Waals surface area (Å²) in [6.07, 6.45) is -0.162. The molecule has 0 saturated carbocycles. The molecule has 0 fully saturated rings. The van der Waals surface area contributed by atoms with Crippen molar-refractivity contribution in [1.29, 1.82) is 5.26 Å². The molecule has 0 aliphatic rings. The molecule has 2 rings (SSSR count). The first kappa shape index (κ1) is 16.2. The second kappa shape index (κ2) is 7.71. The molecule has 23 heavy (non-hydrogen) atoms. The number of hydrogen-bond acceptors (Lipinski definition) is 5. The van der Waals surface area contributed by atoms with E-state index in [0.29, 0.717) is 11.4 Å². The zero-order chi connectivity index (χ0) is 16.7. The molecule has 6 nitrogen and oxygen atoms in total. The van der Waals surface area contributed by atoms with Gasteiger partial charge in [-0.25, -0.2) is 0 Å². The van der Waals surface area contributed by atoms with Gasteiger partial charge >= 0.3 is 0 Å². The molecule has 0 bridgehead atoms. The van der Waals surface area contributed by atoms with Crippen LogP contribution < -0.4 is 10.2 Å². The summed E-state index contributed by atoms with van der Waals surface area (Å²) in [5, 5.41) is 19.4. The third-order valence-electron chi connectivity index (χ3n) is 3.04. The largest absolute Gasteiger partial charge is 0.378 e. The van der Waals surface area contributed by atoms with E-state index < -0.39 is 0 Å². The second-order valence-corrected chi connectivity index (χ2v) is 5.04. The Morgan fingerprint density at radius 1 is 1.04 bits per heavy atom. The van der Waals surface area contributed by atoms with Crippen molar-refractivity contribution in [2.45, 2.75) is 6.42 Å². The molecule has 2 aromatic carbocycles. The molecule has 1 N–H and O–H groups in total. The number of nitriles is 1. The highest BCUT2D eigenvalue weighted by atomic mass is 16.1. The summed E-state index contributed by atoms with van der Waals surface area (Å²) in [5.74, 6) is -0.331. The Kier molecular flexibility index (Phi) is 5.42. The predicted octanol–water partition coefficient (Wildman–Crippen LogP) is 4.02. The number of nitrogens with zero attached hydrogens (tertiary/aromatic N) is 4. The van der Waals surface area contributed by atoms with Gasteiger partial charge in [-0.1, -0.05) is 0 Å². The summed E-state index contributed by atoms with van der Waals surface area (Å²) in [5.41, 5.74) is 3.17. The lowest BCUT2D eigenvalue weighted by molar-refractivity contribution is -0.115. The van der Waals surface area contributed by atoms with E-state index in [1.54, 1.807) is 30.3 Å². The molecule has 0 radical (unpaired) electrons. The van der Waals surface area contributed by atoms with Gasteiger partial charge in [0.1, 0.15) is 6.42 Å². The van der Waals surface area contributed by atoms with Crippen LogP contribution in [0, 0.1) is 11.3 Å². The number of amides is 1. The van der Waals surface area contributed by atoms with Gasteiger partial charge < -0.3 is 10.2 Å². The standard InChI is InChI=1S/C17H17N5O/c1-22(2)16-9-7-15(8-10-16)21-20-14-5-3-13(4-6-14)19-17(23)11-12-18/h3-10H,11H2,1-2H3,(H,19,23). The fourth-order valence-electron chi connectivity index (χ4n) is 1.82. The molecular weight excluding hydrogens is 290 g/mol. The molecule has 1 amide bonds. The summed E-state index contributed by atoms with van der Waals surface area (Å²) in [4.78, 5) is 13.3. The van der Waals surface area contributed by atoms with E-state index in [1.807, 2.05) is 43.3 Å². The van der Waals surface area contributed by atoms with E-state index in [1.165, 1.54) is 0 Å². The molecule has 116 valence electrons. The summed E-state index contributed by atoms with van der Waals surface area (Å²) >= 11 is 0. The van der Waals surface area contributed by atoms with Crippen molar-refractivity contribution in [2.75, 3.05) is 24.3 Å². The van der Waals surface area contributed by atoms with Gasteiger partial charge in [0.25, 0.3) is 0 Å². The van der Waals surface area contributed by atoms with Gasteiger partial charge in [-0.3, -0.25) is 4.79 Å². The zero-order valence-electron chi connectivity index (χ0n) is 13.0. The van der Waals surface area contributed by atoms with E-state index in [9.17, 15) is 4.79 Å². The lowest BCUT2D eigenvalue weighted by atomic mass is 10.2. The quantitative estimate of drug-likeness (QED) is 0.847. The zero-order valence-corrected chi connectivity index (χ0v) is 13.0. The van der Waals surface area contributed by atoms with Crippen LogP contribution in [-0.2, 0) is 4.79 Å². The summed E-state index contributed by atoms with van der Waals surface area (Å²) in [7, 11) is 3.96. The Balaban J connectivity index is 2.00. The predicted molar refractivity (Wildman–Crippen MR) is 90.2 cm³/mol. The van der Waals surface area contributed by atoms with Crippen LogP contribution in [0.5, 0.6) is 0 Å². The van der Waals surface area contributed by atoms with Crippen molar-refractivity contribution in [2.24, 2.45) is 10.2 Å². The summed E-state index contributed by atoms with van der Waals surface area (Å²) < 4.78 is 0. The fourth-order valence-corrected chi connectivity index (χ4v) is 1.82. The number of carbonyl (C=O) groups is 1. The van der Waals surface area contributed by atoms with Gasteiger partial charge in [-0.05, 0) is 48.5 Å². The van der Waals surface area contributed by atoms with Crippen molar-refractivity contribution in [3.05, 3.63) is 48.5 Å². The third-order valence-corrected chi connectivity index (χ3v) is 3.04. The number of benzene rings is 2. The maximum atomic E-state index is 11.3. The molecule has 0 aliphatic carbocycles. The Morgan fingerprint density at radius 3 is 2.04 bits per heavy atom. The van der Waals surface area contributed by atoms with E-state index in [-0.39, 0.29) is 12.3 Å². The van der Waals surface area contributed by atoms with Crippen LogP contribution in [0.15, 0.2) is 58.8 Å². The highest BCUT2D eigenvalue weighted by Gasteiger charge is 2.01. The highest BCUT2D eigenvalue weighted by Crippen LogP contribution is 2.22. The van der Waals surface area contributed by atoms with Gasteiger partial charge in [0.05, 0.1) is 17.4 Å². The van der Waals surface area contributed by atoms with Crippen molar-refractivity contribution in [3.8, 4) is 6.07 Å². The van der Waals surface area contributed by atoms with Crippen molar-refractivity contribution < 1.29 is 4.79 Å². The molecule has 0 unspecified atom stereocenters. The Morgan fingerprint density at radius 2 is 1.57 bits per heavy atom. The lowest BCUT2D eigenvalue weighted by Gasteiger charge is -2.11. The minimum atomic E-state index is -0.331. The summed E-state index contributed by atoms with van der Waals surface area (Å²) in [6.45, 7) is 0. The average Bonchev–Trinajstić information content (AvgIpc) is 2.55. The second-order valence-electron chi connectivity index (χ2n) is 5.04.